The van der Waals surface area contributed by atoms with Gasteiger partial charge in [0.15, 0.2) is 0 Å². The molecule has 0 saturated carbocycles. The van der Waals surface area contributed by atoms with Gasteiger partial charge in [0.1, 0.15) is 11.6 Å². The molecule has 2 rings (SSSR count). The summed E-state index contributed by atoms with van der Waals surface area (Å²) >= 11 is 4.35. The van der Waals surface area contributed by atoms with Gasteiger partial charge in [-0.25, -0.2) is 4.39 Å². The van der Waals surface area contributed by atoms with E-state index < -0.39 is 18.3 Å². The molecular weight excluding hydrogens is 314 g/mol. The topological polar surface area (TPSA) is 27.7 Å². The second-order valence-corrected chi connectivity index (χ2v) is 6.90. The summed E-state index contributed by atoms with van der Waals surface area (Å²) in [4.78, 5) is 0. The van der Waals surface area contributed by atoms with E-state index in [-0.39, 0.29) is 5.82 Å². The van der Waals surface area contributed by atoms with Crippen LogP contribution in [0.25, 0.3) is 6.08 Å². The molecule has 0 amide bonds. The molecular formula is C17H24BFO3S. The molecule has 1 saturated heterocycles. The van der Waals surface area contributed by atoms with Gasteiger partial charge < -0.3 is 14.0 Å². The van der Waals surface area contributed by atoms with Gasteiger partial charge in [-0.15, -0.1) is 0 Å². The Hall–Kier alpha value is -0.975. The van der Waals surface area contributed by atoms with E-state index in [2.05, 4.69) is 12.6 Å². The van der Waals surface area contributed by atoms with Gasteiger partial charge in [-0.05, 0) is 52.2 Å². The molecule has 0 unspecified atom stereocenters. The molecule has 0 N–H and O–H groups in total. The number of halogens is 1. The Kier molecular flexibility index (Phi) is 5.49. The molecule has 6 heteroatoms. The maximum absolute atomic E-state index is 14.2. The van der Waals surface area contributed by atoms with Crippen molar-refractivity contribution in [3.8, 4) is 5.75 Å². The van der Waals surface area contributed by atoms with Gasteiger partial charge in [-0.1, -0.05) is 6.08 Å². The molecule has 1 aromatic carbocycles. The molecule has 0 radical (unpaired) electrons. The number of benzene rings is 1. The molecule has 23 heavy (non-hydrogen) atoms. The van der Waals surface area contributed by atoms with E-state index in [4.69, 9.17) is 14.0 Å². The lowest BCUT2D eigenvalue weighted by Crippen LogP contribution is -2.41. The minimum atomic E-state index is -0.525. The number of rotatable bonds is 5. The molecule has 0 aromatic heterocycles. The van der Waals surface area contributed by atoms with Crippen molar-refractivity contribution in [1.29, 1.82) is 0 Å². The maximum atomic E-state index is 14.2. The summed E-state index contributed by atoms with van der Waals surface area (Å²) in [6, 6.07) is 4.82. The van der Waals surface area contributed by atoms with Gasteiger partial charge in [0, 0.05) is 17.4 Å². The van der Waals surface area contributed by atoms with Gasteiger partial charge in [-0.2, -0.15) is 12.6 Å². The molecule has 126 valence electrons. The summed E-state index contributed by atoms with van der Waals surface area (Å²) < 4.78 is 31.5. The number of thiol groups is 1. The van der Waals surface area contributed by atoms with E-state index in [0.717, 1.165) is 5.47 Å². The van der Waals surface area contributed by atoms with Crippen LogP contribution in [-0.4, -0.2) is 30.7 Å². The lowest BCUT2D eigenvalue weighted by molar-refractivity contribution is 0.00578. The Bertz CT molecular complexity index is 586. The Morgan fingerprint density at radius 3 is 2.35 bits per heavy atom. The number of hydrogen-bond acceptors (Lipinski definition) is 4. The van der Waals surface area contributed by atoms with Crippen molar-refractivity contribution in [3.63, 3.8) is 0 Å². The van der Waals surface area contributed by atoms with Crippen molar-refractivity contribution in [2.24, 2.45) is 0 Å². The van der Waals surface area contributed by atoms with Gasteiger partial charge >= 0.3 is 7.12 Å². The van der Waals surface area contributed by atoms with E-state index >= 15 is 0 Å². The van der Waals surface area contributed by atoms with E-state index in [1.54, 1.807) is 18.2 Å². The summed E-state index contributed by atoms with van der Waals surface area (Å²) in [6.45, 7) is 10.3. The highest BCUT2D eigenvalue weighted by atomic mass is 32.1. The normalized spacial score (nSPS) is 20.0. The van der Waals surface area contributed by atoms with Crippen LogP contribution in [0, 0.1) is 5.82 Å². The van der Waals surface area contributed by atoms with Crippen molar-refractivity contribution in [2.45, 2.75) is 45.8 Å². The fourth-order valence-electron chi connectivity index (χ4n) is 2.26. The van der Waals surface area contributed by atoms with Crippen molar-refractivity contribution in [1.82, 2.24) is 0 Å². The zero-order valence-corrected chi connectivity index (χ0v) is 15.2. The summed E-state index contributed by atoms with van der Waals surface area (Å²) in [5.74, 6) is 0.598. The standard InChI is InChI=1S/C17H24BFO3S/c1-6-20-14-8-7-12(15(19)10-14)9-13(11-23)18-21-16(2,3)17(4,5)22-18/h7-10,23H,6,11H2,1-5H3. The van der Waals surface area contributed by atoms with Crippen LogP contribution in [0.15, 0.2) is 23.7 Å². The Labute approximate surface area is 143 Å². The van der Waals surface area contributed by atoms with Crippen molar-refractivity contribution in [3.05, 3.63) is 35.1 Å². The van der Waals surface area contributed by atoms with Crippen LogP contribution in [0.1, 0.15) is 40.2 Å². The molecule has 0 spiro atoms. The second kappa shape index (κ2) is 6.87. The van der Waals surface area contributed by atoms with Crippen LogP contribution in [0.5, 0.6) is 5.75 Å². The highest BCUT2D eigenvalue weighted by Gasteiger charge is 2.52. The first kappa shape index (κ1) is 18.4. The predicted molar refractivity (Wildman–Crippen MR) is 95.5 cm³/mol. The minimum absolute atomic E-state index is 0.341. The fraction of sp³-hybridized carbons (Fsp3) is 0.529. The van der Waals surface area contributed by atoms with Crippen molar-refractivity contribution in [2.75, 3.05) is 12.4 Å². The smallest absolute Gasteiger partial charge is 0.491 e. The average molecular weight is 338 g/mol. The third-order valence-electron chi connectivity index (χ3n) is 4.36. The van der Waals surface area contributed by atoms with Crippen molar-refractivity contribution >= 4 is 25.8 Å². The Morgan fingerprint density at radius 1 is 1.26 bits per heavy atom. The van der Waals surface area contributed by atoms with E-state index in [0.29, 0.717) is 23.7 Å². The molecule has 1 aliphatic heterocycles. The second-order valence-electron chi connectivity index (χ2n) is 6.58. The highest BCUT2D eigenvalue weighted by molar-refractivity contribution is 7.80. The SMILES string of the molecule is CCOc1ccc(C=C(CS)B2OC(C)(C)C(C)(C)O2)c(F)c1. The van der Waals surface area contributed by atoms with Crippen LogP contribution >= 0.6 is 12.6 Å². The summed E-state index contributed by atoms with van der Waals surface area (Å²) in [7, 11) is -0.525. The largest absolute Gasteiger partial charge is 0.494 e. The highest BCUT2D eigenvalue weighted by Crippen LogP contribution is 2.39. The first-order valence-corrected chi connectivity index (χ1v) is 8.42. The molecule has 1 aliphatic rings. The van der Waals surface area contributed by atoms with Gasteiger partial charge in [0.2, 0.25) is 0 Å². The summed E-state index contributed by atoms with van der Waals surface area (Å²) in [6.07, 6.45) is 1.74. The van der Waals surface area contributed by atoms with E-state index in [1.807, 2.05) is 34.6 Å². The third kappa shape index (κ3) is 3.93. The zero-order chi connectivity index (χ0) is 17.3. The Morgan fingerprint density at radius 2 is 1.87 bits per heavy atom. The van der Waals surface area contributed by atoms with E-state index in [9.17, 15) is 4.39 Å². The monoisotopic (exact) mass is 338 g/mol. The van der Waals surface area contributed by atoms with Crippen LogP contribution in [0.4, 0.5) is 4.39 Å². The van der Waals surface area contributed by atoms with Crippen LogP contribution in [0.3, 0.4) is 0 Å². The minimum Gasteiger partial charge on any atom is -0.494 e. The van der Waals surface area contributed by atoms with Crippen LogP contribution < -0.4 is 4.74 Å². The van der Waals surface area contributed by atoms with Crippen molar-refractivity contribution < 1.29 is 18.4 Å². The molecule has 1 aromatic rings. The van der Waals surface area contributed by atoms with Gasteiger partial charge in [0.25, 0.3) is 0 Å². The lowest BCUT2D eigenvalue weighted by Gasteiger charge is -2.32. The third-order valence-corrected chi connectivity index (χ3v) is 4.73. The van der Waals surface area contributed by atoms with Gasteiger partial charge in [-0.3, -0.25) is 0 Å². The summed E-state index contributed by atoms with van der Waals surface area (Å²) in [5.41, 5.74) is 0.385. The molecule has 0 aliphatic carbocycles. The summed E-state index contributed by atoms with van der Waals surface area (Å²) in [5, 5.41) is 0. The number of hydrogen-bond donors (Lipinski definition) is 1. The van der Waals surface area contributed by atoms with E-state index in [1.165, 1.54) is 6.07 Å². The number of ether oxygens (including phenoxy) is 1. The first-order valence-electron chi connectivity index (χ1n) is 7.79. The van der Waals surface area contributed by atoms with Gasteiger partial charge in [0.05, 0.1) is 17.8 Å². The maximum Gasteiger partial charge on any atom is 0.491 e. The Balaban J connectivity index is 2.26. The quantitative estimate of drug-likeness (QED) is 0.645. The fourth-order valence-corrected chi connectivity index (χ4v) is 2.50. The van der Waals surface area contributed by atoms with Crippen LogP contribution in [-0.2, 0) is 9.31 Å². The zero-order valence-electron chi connectivity index (χ0n) is 14.4. The molecule has 0 atom stereocenters. The van der Waals surface area contributed by atoms with Crippen LogP contribution in [0.2, 0.25) is 0 Å². The average Bonchev–Trinajstić information content (AvgIpc) is 2.67. The molecule has 0 bridgehead atoms. The molecule has 1 heterocycles. The molecule has 1 fully saturated rings. The first-order chi connectivity index (χ1) is 10.7. The lowest BCUT2D eigenvalue weighted by atomic mass is 9.78. The molecule has 3 nitrogen and oxygen atoms in total. The predicted octanol–water partition coefficient (Wildman–Crippen LogP) is 4.17.